The summed E-state index contributed by atoms with van der Waals surface area (Å²) in [7, 11) is -3.05. The van der Waals surface area contributed by atoms with Gasteiger partial charge in [-0.15, -0.1) is 0 Å². The van der Waals surface area contributed by atoms with Crippen LogP contribution in [0.2, 0.25) is 0 Å². The Bertz CT molecular complexity index is 449. The van der Waals surface area contributed by atoms with Gasteiger partial charge >= 0.3 is 12.0 Å². The molecule has 0 aromatic carbocycles. The molecule has 1 fully saturated rings. The van der Waals surface area contributed by atoms with E-state index in [4.69, 9.17) is 4.74 Å². The molecule has 1 aliphatic heterocycles. The van der Waals surface area contributed by atoms with E-state index in [-0.39, 0.29) is 30.7 Å². The van der Waals surface area contributed by atoms with E-state index in [0.717, 1.165) is 6.42 Å². The molecular formula is C12H22N2O5S. The number of rotatable bonds is 6. The van der Waals surface area contributed by atoms with E-state index in [1.54, 1.807) is 6.92 Å². The van der Waals surface area contributed by atoms with E-state index in [2.05, 4.69) is 5.32 Å². The molecule has 0 unspecified atom stereocenters. The normalized spacial score (nSPS) is 20.4. The molecule has 1 rings (SSSR count). The van der Waals surface area contributed by atoms with Crippen molar-refractivity contribution in [2.45, 2.75) is 32.7 Å². The molecule has 116 valence electrons. The Balaban J connectivity index is 2.57. The van der Waals surface area contributed by atoms with E-state index in [0.29, 0.717) is 13.0 Å². The average molecular weight is 306 g/mol. The fraction of sp³-hybridized carbons (Fsp3) is 0.833. The van der Waals surface area contributed by atoms with E-state index >= 15 is 0 Å². The molecule has 1 N–H and O–H groups in total. The molecular weight excluding hydrogens is 284 g/mol. The van der Waals surface area contributed by atoms with Gasteiger partial charge in [0.25, 0.3) is 0 Å². The van der Waals surface area contributed by atoms with E-state index in [1.807, 2.05) is 6.92 Å². The SMILES string of the molecule is CCCN(C(=O)NCC(=O)OCC)[C@H]1CCS(=O)(=O)C1. The number of nitrogens with zero attached hydrogens (tertiary/aromatic N) is 1. The lowest BCUT2D eigenvalue weighted by molar-refractivity contribution is -0.141. The van der Waals surface area contributed by atoms with Gasteiger partial charge in [-0.3, -0.25) is 4.79 Å². The van der Waals surface area contributed by atoms with E-state index in [9.17, 15) is 18.0 Å². The summed E-state index contributed by atoms with van der Waals surface area (Å²) in [6, 6.07) is -0.718. The third-order valence-electron chi connectivity index (χ3n) is 3.06. The van der Waals surface area contributed by atoms with Crippen LogP contribution in [0.4, 0.5) is 4.79 Å². The van der Waals surface area contributed by atoms with Crippen molar-refractivity contribution < 1.29 is 22.7 Å². The Morgan fingerprint density at radius 3 is 2.55 bits per heavy atom. The minimum atomic E-state index is -3.05. The summed E-state index contributed by atoms with van der Waals surface area (Å²) >= 11 is 0. The van der Waals surface area contributed by atoms with Gasteiger partial charge < -0.3 is 15.0 Å². The third-order valence-corrected chi connectivity index (χ3v) is 4.81. The summed E-state index contributed by atoms with van der Waals surface area (Å²) in [5, 5.41) is 2.47. The van der Waals surface area contributed by atoms with Crippen molar-refractivity contribution in [1.29, 1.82) is 0 Å². The predicted molar refractivity (Wildman–Crippen MR) is 74.1 cm³/mol. The number of sulfone groups is 1. The Morgan fingerprint density at radius 1 is 1.35 bits per heavy atom. The van der Waals surface area contributed by atoms with E-state index in [1.165, 1.54) is 4.90 Å². The number of nitrogens with one attached hydrogen (secondary N) is 1. The molecule has 0 aliphatic carbocycles. The smallest absolute Gasteiger partial charge is 0.325 e. The lowest BCUT2D eigenvalue weighted by atomic mass is 10.2. The van der Waals surface area contributed by atoms with Crippen LogP contribution in [0.15, 0.2) is 0 Å². The monoisotopic (exact) mass is 306 g/mol. The lowest BCUT2D eigenvalue weighted by Gasteiger charge is -2.27. The number of ether oxygens (including phenoxy) is 1. The van der Waals surface area contributed by atoms with Crippen LogP contribution < -0.4 is 5.32 Å². The van der Waals surface area contributed by atoms with Gasteiger partial charge in [0, 0.05) is 12.6 Å². The standard InChI is InChI=1S/C12H22N2O5S/c1-3-6-14(10-5-7-20(17,18)9-10)12(16)13-8-11(15)19-4-2/h10H,3-9H2,1-2H3,(H,13,16)/t10-/m0/s1. The molecule has 0 radical (unpaired) electrons. The quantitative estimate of drug-likeness (QED) is 0.706. The minimum absolute atomic E-state index is 0.000172. The summed E-state index contributed by atoms with van der Waals surface area (Å²) in [6.45, 7) is 4.12. The Morgan fingerprint density at radius 2 is 2.05 bits per heavy atom. The van der Waals surface area contributed by atoms with Crippen LogP contribution >= 0.6 is 0 Å². The number of esters is 1. The number of urea groups is 1. The number of carbonyl (C=O) groups is 2. The molecule has 0 saturated carbocycles. The highest BCUT2D eigenvalue weighted by atomic mass is 32.2. The molecule has 0 aromatic heterocycles. The van der Waals surface area contributed by atoms with Gasteiger partial charge in [0.15, 0.2) is 9.84 Å². The van der Waals surface area contributed by atoms with Gasteiger partial charge in [0.1, 0.15) is 6.54 Å². The molecule has 7 nitrogen and oxygen atoms in total. The van der Waals surface area contributed by atoms with Gasteiger partial charge in [-0.1, -0.05) is 6.92 Å². The van der Waals surface area contributed by atoms with Crippen LogP contribution in [-0.2, 0) is 19.4 Å². The lowest BCUT2D eigenvalue weighted by Crippen LogP contribution is -2.48. The molecule has 0 aromatic rings. The highest BCUT2D eigenvalue weighted by molar-refractivity contribution is 7.91. The van der Waals surface area contributed by atoms with Gasteiger partial charge in [0.05, 0.1) is 18.1 Å². The van der Waals surface area contributed by atoms with Crippen molar-refractivity contribution >= 4 is 21.8 Å². The predicted octanol–water partition coefficient (Wildman–Crippen LogP) is 0.158. The summed E-state index contributed by atoms with van der Waals surface area (Å²) in [6.07, 6.45) is 1.18. The first kappa shape index (κ1) is 16.7. The first-order valence-electron chi connectivity index (χ1n) is 6.80. The van der Waals surface area contributed by atoms with Crippen LogP contribution in [0, 0.1) is 0 Å². The Kier molecular flexibility index (Phi) is 6.25. The average Bonchev–Trinajstić information content (AvgIpc) is 2.73. The fourth-order valence-electron chi connectivity index (χ4n) is 2.17. The maximum Gasteiger partial charge on any atom is 0.325 e. The molecule has 0 spiro atoms. The van der Waals surface area contributed by atoms with Gasteiger partial charge in [-0.2, -0.15) is 0 Å². The van der Waals surface area contributed by atoms with Crippen LogP contribution in [0.25, 0.3) is 0 Å². The topological polar surface area (TPSA) is 92.8 Å². The van der Waals surface area contributed by atoms with Crippen molar-refractivity contribution in [3.63, 3.8) is 0 Å². The molecule has 8 heteroatoms. The number of hydrogen-bond donors (Lipinski definition) is 1. The number of carbonyl (C=O) groups excluding carboxylic acids is 2. The molecule has 1 aliphatic rings. The zero-order valence-corrected chi connectivity index (χ0v) is 12.7. The largest absolute Gasteiger partial charge is 0.465 e. The van der Waals surface area contributed by atoms with Crippen molar-refractivity contribution in [2.75, 3.05) is 31.2 Å². The number of amides is 2. The highest BCUT2D eigenvalue weighted by Crippen LogP contribution is 2.18. The zero-order chi connectivity index (χ0) is 15.2. The van der Waals surface area contributed by atoms with Crippen molar-refractivity contribution in [3.05, 3.63) is 0 Å². The maximum absolute atomic E-state index is 12.1. The summed E-state index contributed by atoms with van der Waals surface area (Å²) in [5.41, 5.74) is 0. The van der Waals surface area contributed by atoms with Crippen molar-refractivity contribution in [1.82, 2.24) is 10.2 Å². The first-order chi connectivity index (χ1) is 9.39. The summed E-state index contributed by atoms with van der Waals surface area (Å²) in [5.74, 6) is -0.389. The summed E-state index contributed by atoms with van der Waals surface area (Å²) in [4.78, 5) is 24.8. The minimum Gasteiger partial charge on any atom is -0.465 e. The second-order valence-corrected chi connectivity index (χ2v) is 6.94. The van der Waals surface area contributed by atoms with Crippen LogP contribution in [0.1, 0.15) is 26.7 Å². The van der Waals surface area contributed by atoms with Gasteiger partial charge in [-0.05, 0) is 19.8 Å². The molecule has 1 heterocycles. The van der Waals surface area contributed by atoms with Crippen molar-refractivity contribution in [3.8, 4) is 0 Å². The van der Waals surface area contributed by atoms with Crippen LogP contribution in [0.3, 0.4) is 0 Å². The summed E-state index contributed by atoms with van der Waals surface area (Å²) < 4.78 is 27.7. The van der Waals surface area contributed by atoms with Gasteiger partial charge in [0.2, 0.25) is 0 Å². The van der Waals surface area contributed by atoms with Gasteiger partial charge in [-0.25, -0.2) is 13.2 Å². The van der Waals surface area contributed by atoms with E-state index < -0.39 is 21.8 Å². The Hall–Kier alpha value is -1.31. The number of hydrogen-bond acceptors (Lipinski definition) is 5. The molecule has 0 bridgehead atoms. The molecule has 1 saturated heterocycles. The van der Waals surface area contributed by atoms with Crippen molar-refractivity contribution in [2.24, 2.45) is 0 Å². The maximum atomic E-state index is 12.1. The molecule has 2 amide bonds. The zero-order valence-electron chi connectivity index (χ0n) is 11.9. The second-order valence-electron chi connectivity index (χ2n) is 4.71. The molecule has 1 atom stereocenters. The van der Waals surface area contributed by atoms with Crippen LogP contribution in [0.5, 0.6) is 0 Å². The fourth-order valence-corrected chi connectivity index (χ4v) is 3.90. The Labute approximate surface area is 119 Å². The second kappa shape index (κ2) is 7.47. The first-order valence-corrected chi connectivity index (χ1v) is 8.62. The highest BCUT2D eigenvalue weighted by Gasteiger charge is 2.34. The third kappa shape index (κ3) is 4.99. The van der Waals surface area contributed by atoms with Crippen LogP contribution in [-0.4, -0.2) is 62.6 Å². The molecule has 20 heavy (non-hydrogen) atoms.